The molecule has 0 spiro atoms. The third kappa shape index (κ3) is 5.46. The van der Waals surface area contributed by atoms with E-state index in [-0.39, 0.29) is 11.3 Å². The maximum atomic E-state index is 13.1. The van der Waals surface area contributed by atoms with Gasteiger partial charge in [-0.3, -0.25) is 9.59 Å². The summed E-state index contributed by atoms with van der Waals surface area (Å²) >= 11 is 0. The minimum Gasteiger partial charge on any atom is -0.354 e. The summed E-state index contributed by atoms with van der Waals surface area (Å²) in [7, 11) is 0. The first-order valence-electron chi connectivity index (χ1n) is 15.2. The summed E-state index contributed by atoms with van der Waals surface area (Å²) in [6, 6.07) is 25.3. The molecule has 43 heavy (non-hydrogen) atoms. The van der Waals surface area contributed by atoms with E-state index < -0.39 is 5.54 Å². The zero-order valence-electron chi connectivity index (χ0n) is 25.3. The molecule has 2 atom stereocenters. The molecule has 0 bridgehead atoms. The molecular formula is C38H37N3O2. The van der Waals surface area contributed by atoms with E-state index in [0.29, 0.717) is 33.7 Å². The van der Waals surface area contributed by atoms with Crippen molar-refractivity contribution < 1.29 is 4.79 Å². The van der Waals surface area contributed by atoms with Crippen molar-refractivity contribution >= 4 is 33.4 Å². The van der Waals surface area contributed by atoms with Crippen molar-refractivity contribution in [2.24, 2.45) is 0 Å². The minimum absolute atomic E-state index is 0.0241. The second-order valence-electron chi connectivity index (χ2n) is 12.6. The van der Waals surface area contributed by atoms with Gasteiger partial charge in [0, 0.05) is 21.9 Å². The number of hydrogen-bond donors (Lipinski definition) is 2. The lowest BCUT2D eigenvalue weighted by Crippen LogP contribution is -2.41. The first-order valence-corrected chi connectivity index (χ1v) is 15.2. The van der Waals surface area contributed by atoms with Crippen LogP contribution in [-0.2, 0) is 18.4 Å². The molecule has 0 fully saturated rings. The van der Waals surface area contributed by atoms with Gasteiger partial charge in [-0.25, -0.2) is 4.85 Å². The number of aryl methyl sites for hydroxylation is 2. The zero-order chi connectivity index (χ0) is 30.3. The number of fused-ring (bicyclic) bond motifs is 4. The summed E-state index contributed by atoms with van der Waals surface area (Å²) in [4.78, 5) is 32.6. The Balaban J connectivity index is 0.000000229. The van der Waals surface area contributed by atoms with Crippen molar-refractivity contribution in [2.75, 3.05) is 0 Å². The standard InChI is InChI=1S/C27H26N2O2.C11H11N/c1-16-8-9-17-14-19(11-13-20(16)17)27(2,3)29-26(31)18-10-12-22-24(15-18)28-23-7-5-4-6-21(23)25(22)30;1-8-3-4-9-7-10(12-2)5-6-11(8)9/h4-7,10-16H,8-9H2,1-3H3,(H,28,30)(H,29,31);5-8H,3-4H2,1H3. The molecule has 2 N–H and O–H groups in total. The van der Waals surface area contributed by atoms with Gasteiger partial charge in [-0.05, 0) is 104 Å². The first kappa shape index (κ1) is 28.4. The fourth-order valence-corrected chi connectivity index (χ4v) is 6.60. The van der Waals surface area contributed by atoms with Crippen LogP contribution in [-0.4, -0.2) is 10.9 Å². The molecule has 1 amide bonds. The van der Waals surface area contributed by atoms with Crippen LogP contribution in [0.25, 0.3) is 26.7 Å². The average molecular weight is 568 g/mol. The van der Waals surface area contributed by atoms with Gasteiger partial charge in [0.25, 0.3) is 5.91 Å². The summed E-state index contributed by atoms with van der Waals surface area (Å²) in [5.74, 6) is 1.15. The predicted molar refractivity (Wildman–Crippen MR) is 175 cm³/mol. The number of H-pyrrole nitrogens is 1. The lowest BCUT2D eigenvalue weighted by Gasteiger charge is -2.28. The van der Waals surface area contributed by atoms with Crippen LogP contribution < -0.4 is 10.7 Å². The van der Waals surface area contributed by atoms with E-state index in [1.54, 1.807) is 18.2 Å². The van der Waals surface area contributed by atoms with Crippen LogP contribution in [0.4, 0.5) is 5.69 Å². The van der Waals surface area contributed by atoms with Gasteiger partial charge in [0.1, 0.15) is 0 Å². The Labute approximate surface area is 252 Å². The fraction of sp³-hybridized carbons (Fsp3) is 0.289. The number of aromatic amines is 1. The van der Waals surface area contributed by atoms with Gasteiger partial charge in [0.05, 0.1) is 17.6 Å². The molecule has 0 saturated carbocycles. The molecule has 0 aliphatic heterocycles. The molecule has 2 unspecified atom stereocenters. The van der Waals surface area contributed by atoms with E-state index in [1.807, 2.05) is 50.2 Å². The van der Waals surface area contributed by atoms with Crippen LogP contribution in [0.5, 0.6) is 0 Å². The molecule has 216 valence electrons. The summed E-state index contributed by atoms with van der Waals surface area (Å²) in [5.41, 5.74) is 8.97. The Kier molecular flexibility index (Phi) is 7.40. The quantitative estimate of drug-likeness (QED) is 0.169. The highest BCUT2D eigenvalue weighted by Crippen LogP contribution is 2.36. The smallest absolute Gasteiger partial charge is 0.252 e. The van der Waals surface area contributed by atoms with Gasteiger partial charge in [0.2, 0.25) is 0 Å². The number of pyridine rings is 1. The minimum atomic E-state index is -0.510. The molecule has 0 saturated heterocycles. The number of benzene rings is 4. The Morgan fingerprint density at radius 3 is 2.21 bits per heavy atom. The van der Waals surface area contributed by atoms with Crippen LogP contribution in [0.1, 0.15) is 90.5 Å². The van der Waals surface area contributed by atoms with Crippen molar-refractivity contribution in [1.82, 2.24) is 10.3 Å². The number of carbonyl (C=O) groups excluding carboxylic acids is 1. The van der Waals surface area contributed by atoms with E-state index >= 15 is 0 Å². The van der Waals surface area contributed by atoms with Crippen LogP contribution in [0.3, 0.4) is 0 Å². The monoisotopic (exact) mass is 567 g/mol. The van der Waals surface area contributed by atoms with Crippen LogP contribution in [0.2, 0.25) is 0 Å². The van der Waals surface area contributed by atoms with Crippen LogP contribution in [0, 0.1) is 6.57 Å². The maximum Gasteiger partial charge on any atom is 0.252 e. The topological polar surface area (TPSA) is 66.3 Å². The van der Waals surface area contributed by atoms with Gasteiger partial charge in [-0.1, -0.05) is 67.9 Å². The maximum absolute atomic E-state index is 13.1. The molecule has 5 heteroatoms. The van der Waals surface area contributed by atoms with E-state index in [1.165, 1.54) is 35.1 Å². The van der Waals surface area contributed by atoms with Gasteiger partial charge in [-0.2, -0.15) is 0 Å². The average Bonchev–Trinajstić information content (AvgIpc) is 3.58. The van der Waals surface area contributed by atoms with E-state index in [9.17, 15) is 9.59 Å². The second kappa shape index (κ2) is 11.2. The van der Waals surface area contributed by atoms with Crippen LogP contribution >= 0.6 is 0 Å². The highest BCUT2D eigenvalue weighted by atomic mass is 16.1. The van der Waals surface area contributed by atoms with Crippen molar-refractivity contribution in [2.45, 2.75) is 70.8 Å². The third-order valence-electron chi connectivity index (χ3n) is 9.27. The summed E-state index contributed by atoms with van der Waals surface area (Å²) in [6.07, 6.45) is 4.69. The molecule has 2 aliphatic carbocycles. The number of amides is 1. The molecule has 2 aliphatic rings. The van der Waals surface area contributed by atoms with Gasteiger partial charge >= 0.3 is 0 Å². The van der Waals surface area contributed by atoms with E-state index in [0.717, 1.165) is 29.6 Å². The van der Waals surface area contributed by atoms with Gasteiger partial charge < -0.3 is 10.3 Å². The molecule has 7 rings (SSSR count). The molecule has 4 aromatic carbocycles. The number of rotatable bonds is 3. The summed E-state index contributed by atoms with van der Waals surface area (Å²) < 4.78 is 0. The van der Waals surface area contributed by atoms with Crippen molar-refractivity contribution in [1.29, 1.82) is 0 Å². The first-order chi connectivity index (χ1) is 20.6. The lowest BCUT2D eigenvalue weighted by molar-refractivity contribution is 0.0912. The molecule has 1 heterocycles. The van der Waals surface area contributed by atoms with Crippen LogP contribution in [0.15, 0.2) is 83.7 Å². The molecule has 1 aromatic heterocycles. The Bertz CT molecular complexity index is 1980. The highest BCUT2D eigenvalue weighted by Gasteiger charge is 2.27. The number of carbonyl (C=O) groups is 1. The van der Waals surface area contributed by atoms with Crippen molar-refractivity contribution in [3.8, 4) is 0 Å². The number of nitrogens with zero attached hydrogens (tertiary/aromatic N) is 1. The molecule has 5 aromatic rings. The van der Waals surface area contributed by atoms with Gasteiger partial charge in [-0.15, -0.1) is 0 Å². The van der Waals surface area contributed by atoms with Gasteiger partial charge in [0.15, 0.2) is 11.1 Å². The van der Waals surface area contributed by atoms with E-state index in [4.69, 9.17) is 6.57 Å². The highest BCUT2D eigenvalue weighted by molar-refractivity contribution is 6.00. The number of aromatic nitrogens is 1. The lowest BCUT2D eigenvalue weighted by atomic mass is 9.90. The SMILES string of the molecule is CC1CCc2cc(C(C)(C)NC(=O)c3ccc4c(=O)c5ccccc5[nH]c4c3)ccc21.[C-]#[N+]c1ccc2c(c1)CCC2C. The fourth-order valence-electron chi connectivity index (χ4n) is 6.60. The number of hydrogen-bond acceptors (Lipinski definition) is 2. The molecular weight excluding hydrogens is 530 g/mol. The van der Waals surface area contributed by atoms with Crippen molar-refractivity contribution in [3.63, 3.8) is 0 Å². The number of para-hydroxylation sites is 1. The zero-order valence-corrected chi connectivity index (χ0v) is 25.3. The molecule has 5 nitrogen and oxygen atoms in total. The normalized spacial score (nSPS) is 17.1. The second-order valence-corrected chi connectivity index (χ2v) is 12.6. The molecule has 0 radical (unpaired) electrons. The Hall–Kier alpha value is -4.69. The largest absolute Gasteiger partial charge is 0.354 e. The summed E-state index contributed by atoms with van der Waals surface area (Å²) in [6.45, 7) is 15.5. The van der Waals surface area contributed by atoms with E-state index in [2.05, 4.69) is 53.3 Å². The number of nitrogens with one attached hydrogen (secondary N) is 2. The van der Waals surface area contributed by atoms with Crippen molar-refractivity contribution in [3.05, 3.63) is 134 Å². The predicted octanol–water partition coefficient (Wildman–Crippen LogP) is 8.68. The third-order valence-corrected chi connectivity index (χ3v) is 9.27. The Morgan fingerprint density at radius 1 is 0.837 bits per heavy atom. The summed E-state index contributed by atoms with van der Waals surface area (Å²) in [5, 5.41) is 4.41. The Morgan fingerprint density at radius 2 is 1.49 bits per heavy atom.